The normalized spacial score (nSPS) is 21.6. The molecule has 2 aliphatic rings. The largest absolute Gasteiger partial charge is 0.0832 e. The molecule has 4 aromatic carbocycles. The number of hydrogen-bond acceptors (Lipinski definition) is 0. The lowest BCUT2D eigenvalue weighted by Gasteiger charge is -2.41. The van der Waals surface area contributed by atoms with Crippen LogP contribution in [0.4, 0.5) is 0 Å². The van der Waals surface area contributed by atoms with Crippen LogP contribution in [-0.2, 0) is 0 Å². The molecule has 0 N–H and O–H groups in total. The predicted molar refractivity (Wildman–Crippen MR) is 123 cm³/mol. The maximum absolute atomic E-state index is 4.02. The standard InChI is InChI=1S/C25H18Br2/c1-25(2)23(26)17-9-7-15-19-11-13-5-3-4-6-14(13)12-20(19)16-8-10-18(24(25)27)22(17)21(15)16/h3-12,23-24H,1-2H3. The third kappa shape index (κ3) is 1.93. The van der Waals surface area contributed by atoms with Crippen LogP contribution in [0.1, 0.15) is 34.6 Å². The van der Waals surface area contributed by atoms with Gasteiger partial charge in [0.25, 0.3) is 0 Å². The first-order chi connectivity index (χ1) is 13.0. The van der Waals surface area contributed by atoms with E-state index < -0.39 is 0 Å². The maximum Gasteiger partial charge on any atom is 0.0466 e. The summed E-state index contributed by atoms with van der Waals surface area (Å²) >= 11 is 8.05. The molecule has 27 heavy (non-hydrogen) atoms. The van der Waals surface area contributed by atoms with Crippen LogP contribution < -0.4 is 0 Å². The van der Waals surface area contributed by atoms with Gasteiger partial charge in [-0.15, -0.1) is 0 Å². The van der Waals surface area contributed by atoms with Gasteiger partial charge in [0.05, 0.1) is 0 Å². The number of halogens is 2. The fourth-order valence-corrected chi connectivity index (χ4v) is 6.68. The van der Waals surface area contributed by atoms with Crippen molar-refractivity contribution in [2.45, 2.75) is 23.5 Å². The van der Waals surface area contributed by atoms with Crippen molar-refractivity contribution in [2.75, 3.05) is 0 Å². The Balaban J connectivity index is 1.76. The highest BCUT2D eigenvalue weighted by molar-refractivity contribution is 9.10. The van der Waals surface area contributed by atoms with Crippen molar-refractivity contribution >= 4 is 53.4 Å². The molecule has 132 valence electrons. The molecule has 6 rings (SSSR count). The van der Waals surface area contributed by atoms with Crippen molar-refractivity contribution in [3.8, 4) is 22.3 Å². The van der Waals surface area contributed by atoms with Crippen molar-refractivity contribution in [3.63, 3.8) is 0 Å². The zero-order valence-corrected chi connectivity index (χ0v) is 18.4. The Morgan fingerprint density at radius 3 is 1.59 bits per heavy atom. The van der Waals surface area contributed by atoms with Gasteiger partial charge in [0.1, 0.15) is 0 Å². The van der Waals surface area contributed by atoms with Crippen LogP contribution in [0.3, 0.4) is 0 Å². The molecule has 0 aliphatic heterocycles. The van der Waals surface area contributed by atoms with Crippen LogP contribution in [0.5, 0.6) is 0 Å². The van der Waals surface area contributed by atoms with Gasteiger partial charge >= 0.3 is 0 Å². The summed E-state index contributed by atoms with van der Waals surface area (Å²) in [5, 5.41) is 5.49. The summed E-state index contributed by atoms with van der Waals surface area (Å²) in [5.41, 5.74) is 8.45. The lowest BCUT2D eigenvalue weighted by atomic mass is 9.72. The fraction of sp³-hybridized carbons (Fsp3) is 0.200. The van der Waals surface area contributed by atoms with Gasteiger partial charge < -0.3 is 0 Å². The van der Waals surface area contributed by atoms with Crippen LogP contribution in [0.25, 0.3) is 43.8 Å². The third-order valence-electron chi connectivity index (χ3n) is 6.54. The van der Waals surface area contributed by atoms with Crippen molar-refractivity contribution in [2.24, 2.45) is 5.41 Å². The van der Waals surface area contributed by atoms with E-state index in [-0.39, 0.29) is 5.41 Å². The Hall–Kier alpha value is -1.64. The Morgan fingerprint density at radius 2 is 1.11 bits per heavy atom. The van der Waals surface area contributed by atoms with Crippen LogP contribution >= 0.6 is 31.9 Å². The van der Waals surface area contributed by atoms with Gasteiger partial charge in [-0.25, -0.2) is 0 Å². The van der Waals surface area contributed by atoms with Gasteiger partial charge in [-0.2, -0.15) is 0 Å². The number of hydrogen-bond donors (Lipinski definition) is 0. The van der Waals surface area contributed by atoms with Crippen molar-refractivity contribution < 1.29 is 0 Å². The molecule has 0 bridgehead atoms. The first-order valence-electron chi connectivity index (χ1n) is 9.39. The minimum absolute atomic E-state index is 0.110. The topological polar surface area (TPSA) is 0 Å². The molecule has 2 aliphatic carbocycles. The summed E-state index contributed by atoms with van der Waals surface area (Å²) in [6, 6.07) is 22.8. The average molecular weight is 478 g/mol. The molecular formula is C25H18Br2. The van der Waals surface area contributed by atoms with E-state index in [1.54, 1.807) is 0 Å². The number of alkyl halides is 2. The third-order valence-corrected chi connectivity index (χ3v) is 9.89. The molecule has 0 saturated carbocycles. The lowest BCUT2D eigenvalue weighted by molar-refractivity contribution is 0.349. The lowest BCUT2D eigenvalue weighted by Crippen LogP contribution is -2.27. The maximum atomic E-state index is 4.02. The molecule has 2 atom stereocenters. The zero-order chi connectivity index (χ0) is 18.5. The number of fused-ring (bicyclic) bond motifs is 4. The number of rotatable bonds is 0. The molecule has 0 spiro atoms. The molecule has 0 aromatic heterocycles. The second-order valence-corrected chi connectivity index (χ2v) is 10.3. The SMILES string of the molecule is CC1(C)C(Br)c2ccc3c4c(ccc(c24)C1Br)-c1cc2ccccc2cc1-3. The van der Waals surface area contributed by atoms with Gasteiger partial charge in [-0.3, -0.25) is 0 Å². The van der Waals surface area contributed by atoms with Gasteiger partial charge in [0, 0.05) is 9.65 Å². The fourth-order valence-electron chi connectivity index (χ4n) is 5.04. The molecular weight excluding hydrogens is 460 g/mol. The van der Waals surface area contributed by atoms with Crippen molar-refractivity contribution in [1.29, 1.82) is 0 Å². The summed E-state index contributed by atoms with van der Waals surface area (Å²) in [6.07, 6.45) is 0. The molecule has 2 heteroatoms. The molecule has 0 amide bonds. The molecule has 0 radical (unpaired) electrons. The Labute approximate surface area is 175 Å². The van der Waals surface area contributed by atoms with E-state index in [1.165, 1.54) is 54.9 Å². The smallest absolute Gasteiger partial charge is 0.0466 e. The molecule has 4 aromatic rings. The minimum atomic E-state index is 0.110. The van der Waals surface area contributed by atoms with E-state index >= 15 is 0 Å². The molecule has 2 unspecified atom stereocenters. The molecule has 0 fully saturated rings. The van der Waals surface area contributed by atoms with E-state index in [2.05, 4.69) is 106 Å². The first-order valence-corrected chi connectivity index (χ1v) is 11.2. The van der Waals surface area contributed by atoms with Crippen molar-refractivity contribution in [1.82, 2.24) is 0 Å². The summed E-state index contributed by atoms with van der Waals surface area (Å²) in [4.78, 5) is 0.655. The molecule has 0 nitrogen and oxygen atoms in total. The van der Waals surface area contributed by atoms with Gasteiger partial charge in [0.2, 0.25) is 0 Å². The van der Waals surface area contributed by atoms with E-state index in [4.69, 9.17) is 0 Å². The van der Waals surface area contributed by atoms with Crippen LogP contribution in [0.15, 0.2) is 60.7 Å². The first kappa shape index (κ1) is 16.3. The minimum Gasteiger partial charge on any atom is -0.0832 e. The Kier molecular flexibility index (Phi) is 3.17. The Bertz CT molecular complexity index is 1190. The summed E-state index contributed by atoms with van der Waals surface area (Å²) in [5.74, 6) is 0. The quantitative estimate of drug-likeness (QED) is 0.196. The zero-order valence-electron chi connectivity index (χ0n) is 15.2. The number of benzene rings is 4. The van der Waals surface area contributed by atoms with Gasteiger partial charge in [0.15, 0.2) is 0 Å². The van der Waals surface area contributed by atoms with Crippen molar-refractivity contribution in [3.05, 3.63) is 71.8 Å². The van der Waals surface area contributed by atoms with E-state index in [0.717, 1.165) is 0 Å². The average Bonchev–Trinajstić information content (AvgIpc) is 2.99. The molecule has 0 heterocycles. The highest BCUT2D eigenvalue weighted by atomic mass is 79.9. The predicted octanol–water partition coefficient (Wildman–Crippen LogP) is 8.55. The highest BCUT2D eigenvalue weighted by Gasteiger charge is 2.43. The second-order valence-electron chi connectivity index (χ2n) is 8.45. The monoisotopic (exact) mass is 476 g/mol. The van der Waals surface area contributed by atoms with E-state index in [9.17, 15) is 0 Å². The summed E-state index contributed by atoms with van der Waals surface area (Å²) < 4.78 is 0. The van der Waals surface area contributed by atoms with Crippen LogP contribution in [0.2, 0.25) is 0 Å². The second kappa shape index (κ2) is 5.24. The van der Waals surface area contributed by atoms with Crippen LogP contribution in [0, 0.1) is 5.41 Å². The van der Waals surface area contributed by atoms with Gasteiger partial charge in [-0.05, 0) is 72.5 Å². The van der Waals surface area contributed by atoms with Gasteiger partial charge in [-0.1, -0.05) is 94.2 Å². The summed E-state index contributed by atoms with van der Waals surface area (Å²) in [6.45, 7) is 4.67. The Morgan fingerprint density at radius 1 is 0.630 bits per heavy atom. The van der Waals surface area contributed by atoms with E-state index in [0.29, 0.717) is 9.65 Å². The highest BCUT2D eigenvalue weighted by Crippen LogP contribution is 2.62. The van der Waals surface area contributed by atoms with Crippen LogP contribution in [-0.4, -0.2) is 0 Å². The summed E-state index contributed by atoms with van der Waals surface area (Å²) in [7, 11) is 0. The van der Waals surface area contributed by atoms with E-state index in [1.807, 2.05) is 0 Å². The molecule has 0 saturated heterocycles.